The molecular formula is C25H26N2O5S. The van der Waals surface area contributed by atoms with Gasteiger partial charge in [0.2, 0.25) is 5.91 Å². The topological polar surface area (TPSA) is 95.9 Å². The molecule has 2 aromatic carbocycles. The summed E-state index contributed by atoms with van der Waals surface area (Å²) in [6.45, 7) is 2.45. The second-order valence-electron chi connectivity index (χ2n) is 8.84. The summed E-state index contributed by atoms with van der Waals surface area (Å²) in [6, 6.07) is 15.6. The number of carboxylic acids is 1. The third-order valence-electron chi connectivity index (χ3n) is 6.85. The van der Waals surface area contributed by atoms with E-state index in [2.05, 4.69) is 29.6 Å². The van der Waals surface area contributed by atoms with Crippen molar-refractivity contribution in [2.75, 3.05) is 18.9 Å². The molecule has 7 nitrogen and oxygen atoms in total. The van der Waals surface area contributed by atoms with Crippen LogP contribution in [0.2, 0.25) is 0 Å². The van der Waals surface area contributed by atoms with Gasteiger partial charge < -0.3 is 20.1 Å². The highest BCUT2D eigenvalue weighted by molar-refractivity contribution is 8.00. The maximum Gasteiger partial charge on any atom is 0.407 e. The van der Waals surface area contributed by atoms with Gasteiger partial charge in [-0.1, -0.05) is 48.5 Å². The van der Waals surface area contributed by atoms with Crippen LogP contribution >= 0.6 is 11.8 Å². The van der Waals surface area contributed by atoms with Crippen LogP contribution in [0, 0.1) is 11.8 Å². The Morgan fingerprint density at radius 2 is 1.73 bits per heavy atom. The van der Waals surface area contributed by atoms with Crippen molar-refractivity contribution in [3.05, 3.63) is 59.7 Å². The smallest absolute Gasteiger partial charge is 0.407 e. The third kappa shape index (κ3) is 4.08. The third-order valence-corrected chi connectivity index (χ3v) is 8.07. The number of carbonyl (C=O) groups excluding carboxylic acids is 2. The zero-order chi connectivity index (χ0) is 23.1. The fourth-order valence-corrected chi connectivity index (χ4v) is 6.17. The monoisotopic (exact) mass is 466 g/mol. The standard InChI is InChI=1S/C25H26N2O5S/c1-14-27(22(13-33-14)24(29)30)23(28)20-10-15(20)11-26-25(31)32-12-21-18-8-4-2-6-16(18)17-7-3-5-9-19(17)21/h2-9,14-15,20-22H,10-13H2,1H3,(H,26,31)(H,29,30)/t14?,15-,20-,22?/m0/s1. The van der Waals surface area contributed by atoms with Crippen molar-refractivity contribution in [1.29, 1.82) is 0 Å². The van der Waals surface area contributed by atoms with Gasteiger partial charge in [-0.3, -0.25) is 4.79 Å². The van der Waals surface area contributed by atoms with E-state index in [1.165, 1.54) is 27.8 Å². The van der Waals surface area contributed by atoms with E-state index in [9.17, 15) is 19.5 Å². The predicted octanol–water partition coefficient (Wildman–Crippen LogP) is 3.54. The number of alkyl carbamates (subject to hydrolysis) is 1. The van der Waals surface area contributed by atoms with Crippen LogP contribution in [0.1, 0.15) is 30.4 Å². The predicted molar refractivity (Wildman–Crippen MR) is 125 cm³/mol. The number of amides is 2. The van der Waals surface area contributed by atoms with Gasteiger partial charge in [-0.05, 0) is 41.5 Å². The van der Waals surface area contributed by atoms with Crippen LogP contribution in [0.15, 0.2) is 48.5 Å². The fourth-order valence-electron chi connectivity index (χ4n) is 5.00. The maximum absolute atomic E-state index is 12.8. The van der Waals surface area contributed by atoms with Crippen molar-refractivity contribution in [2.24, 2.45) is 11.8 Å². The van der Waals surface area contributed by atoms with Crippen molar-refractivity contribution in [2.45, 2.75) is 30.7 Å². The average molecular weight is 467 g/mol. The van der Waals surface area contributed by atoms with E-state index < -0.39 is 18.1 Å². The number of rotatable bonds is 6. The minimum atomic E-state index is -0.964. The minimum absolute atomic E-state index is 0.000470. The summed E-state index contributed by atoms with van der Waals surface area (Å²) in [7, 11) is 0. The highest BCUT2D eigenvalue weighted by Gasteiger charge is 2.50. The Morgan fingerprint density at radius 3 is 2.36 bits per heavy atom. The number of carbonyl (C=O) groups is 3. The molecule has 5 rings (SSSR count). The molecule has 2 aliphatic carbocycles. The van der Waals surface area contributed by atoms with Gasteiger partial charge in [-0.25, -0.2) is 9.59 Å². The number of nitrogens with one attached hydrogen (secondary N) is 1. The molecule has 2 amide bonds. The molecule has 0 radical (unpaired) electrons. The Bertz CT molecular complexity index is 1060. The van der Waals surface area contributed by atoms with Gasteiger partial charge in [0.15, 0.2) is 0 Å². The van der Waals surface area contributed by atoms with E-state index in [0.29, 0.717) is 18.7 Å². The van der Waals surface area contributed by atoms with Gasteiger partial charge in [0.05, 0.1) is 5.37 Å². The highest BCUT2D eigenvalue weighted by Crippen LogP contribution is 2.45. The van der Waals surface area contributed by atoms with Crippen LogP contribution in [0.4, 0.5) is 4.79 Å². The van der Waals surface area contributed by atoms with Crippen LogP contribution < -0.4 is 5.32 Å². The summed E-state index contributed by atoms with van der Waals surface area (Å²) in [4.78, 5) is 38.1. The summed E-state index contributed by atoms with van der Waals surface area (Å²) < 4.78 is 5.55. The van der Waals surface area contributed by atoms with Gasteiger partial charge in [-0.15, -0.1) is 11.8 Å². The summed E-state index contributed by atoms with van der Waals surface area (Å²) in [5.41, 5.74) is 4.67. The molecular weight excluding hydrogens is 440 g/mol. The van der Waals surface area contributed by atoms with Gasteiger partial charge in [0.1, 0.15) is 12.6 Å². The number of benzene rings is 2. The Hall–Kier alpha value is -3.00. The maximum atomic E-state index is 12.8. The van der Waals surface area contributed by atoms with E-state index in [4.69, 9.17) is 4.74 Å². The minimum Gasteiger partial charge on any atom is -0.480 e. The van der Waals surface area contributed by atoms with E-state index in [0.717, 1.165) is 11.1 Å². The van der Waals surface area contributed by atoms with Crippen molar-refractivity contribution in [3.8, 4) is 11.1 Å². The van der Waals surface area contributed by atoms with Crippen molar-refractivity contribution < 1.29 is 24.2 Å². The molecule has 172 valence electrons. The zero-order valence-electron chi connectivity index (χ0n) is 18.3. The molecule has 2 fully saturated rings. The average Bonchev–Trinajstić information content (AvgIpc) is 3.39. The summed E-state index contributed by atoms with van der Waals surface area (Å²) >= 11 is 1.48. The second-order valence-corrected chi connectivity index (χ2v) is 10.2. The molecule has 4 atom stereocenters. The molecule has 2 N–H and O–H groups in total. The summed E-state index contributed by atoms with van der Waals surface area (Å²) in [6.07, 6.45) is 0.159. The van der Waals surface area contributed by atoms with Gasteiger partial charge in [0.25, 0.3) is 0 Å². The molecule has 1 aliphatic heterocycles. The summed E-state index contributed by atoms with van der Waals surface area (Å²) in [5, 5.41) is 12.0. The van der Waals surface area contributed by atoms with Gasteiger partial charge in [-0.2, -0.15) is 0 Å². The lowest BCUT2D eigenvalue weighted by Crippen LogP contribution is -2.46. The molecule has 1 heterocycles. The molecule has 0 spiro atoms. The highest BCUT2D eigenvalue weighted by atomic mass is 32.2. The first-order chi connectivity index (χ1) is 16.0. The number of aliphatic carboxylic acids is 1. The van der Waals surface area contributed by atoms with E-state index in [-0.39, 0.29) is 35.6 Å². The molecule has 33 heavy (non-hydrogen) atoms. The van der Waals surface area contributed by atoms with E-state index in [1.54, 1.807) is 0 Å². The van der Waals surface area contributed by atoms with Crippen LogP contribution in [-0.2, 0) is 14.3 Å². The number of fused-ring (bicyclic) bond motifs is 3. The molecule has 1 saturated heterocycles. The van der Waals surface area contributed by atoms with E-state index in [1.807, 2.05) is 31.2 Å². The number of carboxylic acid groups (broad SMARTS) is 1. The first-order valence-electron chi connectivity index (χ1n) is 11.2. The Balaban J connectivity index is 1.13. The number of nitrogens with zero attached hydrogens (tertiary/aromatic N) is 1. The largest absolute Gasteiger partial charge is 0.480 e. The molecule has 8 heteroatoms. The number of ether oxygens (including phenoxy) is 1. The van der Waals surface area contributed by atoms with Crippen LogP contribution in [0.5, 0.6) is 0 Å². The number of hydrogen-bond acceptors (Lipinski definition) is 5. The number of thioether (sulfide) groups is 1. The van der Waals surface area contributed by atoms with Crippen LogP contribution in [0.25, 0.3) is 11.1 Å². The van der Waals surface area contributed by atoms with Crippen LogP contribution in [-0.4, -0.2) is 58.3 Å². The van der Waals surface area contributed by atoms with Crippen molar-refractivity contribution in [3.63, 3.8) is 0 Å². The second kappa shape index (κ2) is 8.74. The lowest BCUT2D eigenvalue weighted by molar-refractivity contribution is -0.149. The molecule has 0 bridgehead atoms. The SMILES string of the molecule is CC1SCC(C(=O)O)N1C(=O)[C@H]1C[C@H]1CNC(=O)OCC1c2ccccc2-c2ccccc21. The Kier molecular flexibility index (Phi) is 5.78. The normalized spacial score (nSPS) is 25.3. The molecule has 2 aromatic rings. The van der Waals surface area contributed by atoms with Crippen LogP contribution in [0.3, 0.4) is 0 Å². The molecule has 3 aliphatic rings. The number of hydrogen-bond donors (Lipinski definition) is 2. The quantitative estimate of drug-likeness (QED) is 0.676. The fraction of sp³-hybridized carbons (Fsp3) is 0.400. The Labute approximate surface area is 196 Å². The van der Waals surface area contributed by atoms with Gasteiger partial charge >= 0.3 is 12.1 Å². The zero-order valence-corrected chi connectivity index (χ0v) is 19.1. The first kappa shape index (κ1) is 21.8. The lowest BCUT2D eigenvalue weighted by atomic mass is 9.98. The summed E-state index contributed by atoms with van der Waals surface area (Å²) in [5.74, 6) is -0.890. The molecule has 1 saturated carbocycles. The molecule has 0 aromatic heterocycles. The Morgan fingerprint density at radius 1 is 1.09 bits per heavy atom. The van der Waals surface area contributed by atoms with E-state index >= 15 is 0 Å². The molecule has 2 unspecified atom stereocenters. The lowest BCUT2D eigenvalue weighted by Gasteiger charge is -2.25. The van der Waals surface area contributed by atoms with Crippen molar-refractivity contribution >= 4 is 29.7 Å². The van der Waals surface area contributed by atoms with Crippen molar-refractivity contribution in [1.82, 2.24) is 10.2 Å². The van der Waals surface area contributed by atoms with Gasteiger partial charge in [0, 0.05) is 24.1 Å². The first-order valence-corrected chi connectivity index (χ1v) is 12.3.